The summed E-state index contributed by atoms with van der Waals surface area (Å²) < 4.78 is 33.5. The molecule has 2 N–H and O–H groups in total. The van der Waals surface area contributed by atoms with Crippen molar-refractivity contribution in [2.75, 3.05) is 13.7 Å². The van der Waals surface area contributed by atoms with E-state index in [9.17, 15) is 4.79 Å². The fraction of sp³-hybridized carbons (Fsp3) is 0.929. The molecule has 0 aromatic heterocycles. The van der Waals surface area contributed by atoms with Crippen LogP contribution in [0.25, 0.3) is 0 Å². The van der Waals surface area contributed by atoms with E-state index in [-0.39, 0.29) is 6.61 Å². The van der Waals surface area contributed by atoms with Crippen molar-refractivity contribution in [3.8, 4) is 0 Å². The minimum absolute atomic E-state index is 0.260. The molecule has 8 heteroatoms. The van der Waals surface area contributed by atoms with Crippen molar-refractivity contribution in [2.45, 2.75) is 69.4 Å². The third-order valence-corrected chi connectivity index (χ3v) is 4.19. The van der Waals surface area contributed by atoms with Gasteiger partial charge in [-0.2, -0.15) is 0 Å². The van der Waals surface area contributed by atoms with Gasteiger partial charge in [0.25, 0.3) is 0 Å². The number of carbonyl (C=O) groups excluding carboxylic acids is 1. The van der Waals surface area contributed by atoms with E-state index in [4.69, 9.17) is 34.2 Å². The maximum Gasteiger partial charge on any atom is 0.331 e. The molecule has 22 heavy (non-hydrogen) atoms. The van der Waals surface area contributed by atoms with Crippen molar-refractivity contribution >= 4 is 5.97 Å². The largest absolute Gasteiger partial charge is 0.467 e. The summed E-state index contributed by atoms with van der Waals surface area (Å²) in [5, 5.41) is 0. The van der Waals surface area contributed by atoms with Crippen molar-refractivity contribution in [1.29, 1.82) is 0 Å². The highest BCUT2D eigenvalue weighted by Gasteiger charge is 2.69. The molecular weight excluding hydrogens is 294 g/mol. The first-order valence-electron chi connectivity index (χ1n) is 7.29. The number of nitrogens with two attached hydrogens (primary N) is 1. The summed E-state index contributed by atoms with van der Waals surface area (Å²) in [6.07, 6.45) is -2.82. The summed E-state index contributed by atoms with van der Waals surface area (Å²) in [6.45, 7) is 7.31. The highest BCUT2D eigenvalue weighted by atomic mass is 16.8. The van der Waals surface area contributed by atoms with Gasteiger partial charge in [-0.15, -0.1) is 0 Å². The number of methoxy groups -OCH3 is 1. The number of carbonyl (C=O) groups is 1. The first kappa shape index (κ1) is 16.1. The lowest BCUT2D eigenvalue weighted by Gasteiger charge is -2.34. The standard InChI is InChI=1S/C14H23NO7/c1-12(2)18-6-7(20-12)8-14(15,11(16)17-5)9-10(19-8)22-13(3,4)21-9/h7-10H,6,15H2,1-5H3/t7-,8?,9?,10?,14?/m1/s1. The van der Waals surface area contributed by atoms with E-state index >= 15 is 0 Å². The zero-order valence-corrected chi connectivity index (χ0v) is 13.5. The van der Waals surface area contributed by atoms with Gasteiger partial charge in [-0.1, -0.05) is 0 Å². The fourth-order valence-corrected chi connectivity index (χ4v) is 3.24. The van der Waals surface area contributed by atoms with Crippen LogP contribution in [-0.2, 0) is 33.2 Å². The Morgan fingerprint density at radius 1 is 1.09 bits per heavy atom. The van der Waals surface area contributed by atoms with E-state index in [2.05, 4.69) is 0 Å². The molecular formula is C14H23NO7. The number of ether oxygens (including phenoxy) is 6. The summed E-state index contributed by atoms with van der Waals surface area (Å²) in [5.41, 5.74) is 4.87. The van der Waals surface area contributed by atoms with Crippen LogP contribution >= 0.6 is 0 Å². The molecule has 3 heterocycles. The molecule has 4 unspecified atom stereocenters. The summed E-state index contributed by atoms with van der Waals surface area (Å²) in [7, 11) is 1.28. The SMILES string of the molecule is COC(=O)C1(N)C2OC(C)(C)OC2OC1[C@H]1COC(C)(C)O1. The van der Waals surface area contributed by atoms with Crippen LogP contribution in [0.3, 0.4) is 0 Å². The Morgan fingerprint density at radius 3 is 2.32 bits per heavy atom. The van der Waals surface area contributed by atoms with E-state index in [1.54, 1.807) is 27.7 Å². The van der Waals surface area contributed by atoms with Crippen molar-refractivity contribution in [1.82, 2.24) is 0 Å². The molecule has 0 aliphatic carbocycles. The average molecular weight is 317 g/mol. The van der Waals surface area contributed by atoms with Gasteiger partial charge in [-0.05, 0) is 27.7 Å². The lowest BCUT2D eigenvalue weighted by molar-refractivity contribution is -0.230. The van der Waals surface area contributed by atoms with Gasteiger partial charge in [0.2, 0.25) is 0 Å². The normalized spacial score (nSPS) is 45.7. The Morgan fingerprint density at radius 2 is 1.77 bits per heavy atom. The quantitative estimate of drug-likeness (QED) is 0.704. The van der Waals surface area contributed by atoms with Crippen LogP contribution in [0.15, 0.2) is 0 Å². The predicted octanol–water partition coefficient (Wildman–Crippen LogP) is -0.115. The minimum atomic E-state index is -1.53. The second kappa shape index (κ2) is 4.86. The Bertz CT molecular complexity index is 480. The van der Waals surface area contributed by atoms with Gasteiger partial charge in [0.15, 0.2) is 23.4 Å². The number of hydrogen-bond acceptors (Lipinski definition) is 8. The van der Waals surface area contributed by atoms with E-state index in [1.165, 1.54) is 7.11 Å². The average Bonchev–Trinajstić information content (AvgIpc) is 3.00. The summed E-state index contributed by atoms with van der Waals surface area (Å²) in [4.78, 5) is 12.4. The van der Waals surface area contributed by atoms with Gasteiger partial charge in [-0.25, -0.2) is 4.79 Å². The van der Waals surface area contributed by atoms with Gasteiger partial charge < -0.3 is 34.2 Å². The topological polar surface area (TPSA) is 98.5 Å². The molecule has 3 fully saturated rings. The second-order valence-electron chi connectivity index (χ2n) is 6.77. The maximum atomic E-state index is 12.4. The predicted molar refractivity (Wildman–Crippen MR) is 72.5 cm³/mol. The lowest BCUT2D eigenvalue weighted by Crippen LogP contribution is -2.65. The Kier molecular flexibility index (Phi) is 3.56. The van der Waals surface area contributed by atoms with Gasteiger partial charge in [0, 0.05) is 0 Å². The summed E-state index contributed by atoms with van der Waals surface area (Å²) in [6, 6.07) is 0. The van der Waals surface area contributed by atoms with Crippen LogP contribution < -0.4 is 5.73 Å². The highest BCUT2D eigenvalue weighted by Crippen LogP contribution is 2.45. The third kappa shape index (κ3) is 2.34. The second-order valence-corrected chi connectivity index (χ2v) is 6.77. The zero-order chi connectivity index (χ0) is 16.3. The molecule has 3 saturated heterocycles. The molecule has 8 nitrogen and oxygen atoms in total. The molecule has 126 valence electrons. The van der Waals surface area contributed by atoms with Crippen LogP contribution in [-0.4, -0.2) is 61.4 Å². The van der Waals surface area contributed by atoms with Crippen molar-refractivity contribution in [3.05, 3.63) is 0 Å². The van der Waals surface area contributed by atoms with Crippen LogP contribution in [0.5, 0.6) is 0 Å². The molecule has 0 aromatic rings. The van der Waals surface area contributed by atoms with E-state index < -0.39 is 47.7 Å². The molecule has 3 aliphatic heterocycles. The van der Waals surface area contributed by atoms with E-state index in [0.29, 0.717) is 0 Å². The number of hydrogen-bond donors (Lipinski definition) is 1. The summed E-state index contributed by atoms with van der Waals surface area (Å²) >= 11 is 0. The van der Waals surface area contributed by atoms with Crippen LogP contribution in [0.1, 0.15) is 27.7 Å². The summed E-state index contributed by atoms with van der Waals surface area (Å²) in [5.74, 6) is -2.27. The lowest BCUT2D eigenvalue weighted by atomic mass is 9.86. The molecule has 3 aliphatic rings. The van der Waals surface area contributed by atoms with Crippen molar-refractivity contribution in [3.63, 3.8) is 0 Å². The molecule has 5 atom stereocenters. The fourth-order valence-electron chi connectivity index (χ4n) is 3.24. The van der Waals surface area contributed by atoms with Gasteiger partial charge in [-0.3, -0.25) is 0 Å². The smallest absolute Gasteiger partial charge is 0.331 e. The number of esters is 1. The number of rotatable bonds is 2. The molecule has 0 radical (unpaired) electrons. The first-order valence-corrected chi connectivity index (χ1v) is 7.29. The monoisotopic (exact) mass is 317 g/mol. The van der Waals surface area contributed by atoms with Gasteiger partial charge in [0.05, 0.1) is 13.7 Å². The molecule has 3 rings (SSSR count). The van der Waals surface area contributed by atoms with E-state index in [0.717, 1.165) is 0 Å². The first-order chi connectivity index (χ1) is 10.1. The third-order valence-electron chi connectivity index (χ3n) is 4.19. The Labute approximate surface area is 129 Å². The van der Waals surface area contributed by atoms with Gasteiger partial charge >= 0.3 is 5.97 Å². The molecule has 0 saturated carbocycles. The Balaban J connectivity index is 1.90. The molecule has 0 amide bonds. The van der Waals surface area contributed by atoms with Crippen LogP contribution in [0.2, 0.25) is 0 Å². The van der Waals surface area contributed by atoms with Crippen molar-refractivity contribution < 1.29 is 33.2 Å². The molecule has 0 bridgehead atoms. The van der Waals surface area contributed by atoms with Crippen LogP contribution in [0.4, 0.5) is 0 Å². The Hall–Kier alpha value is -0.770. The van der Waals surface area contributed by atoms with Gasteiger partial charge in [0.1, 0.15) is 18.3 Å². The van der Waals surface area contributed by atoms with Crippen LogP contribution in [0, 0.1) is 0 Å². The minimum Gasteiger partial charge on any atom is -0.467 e. The zero-order valence-electron chi connectivity index (χ0n) is 13.5. The maximum absolute atomic E-state index is 12.4. The number of fused-ring (bicyclic) bond motifs is 1. The molecule has 0 aromatic carbocycles. The molecule has 0 spiro atoms. The van der Waals surface area contributed by atoms with Crippen molar-refractivity contribution in [2.24, 2.45) is 5.73 Å². The highest BCUT2D eigenvalue weighted by molar-refractivity contribution is 5.83. The van der Waals surface area contributed by atoms with E-state index in [1.807, 2.05) is 0 Å².